The molecule has 1 fully saturated rings. The Morgan fingerprint density at radius 1 is 0.906 bits per heavy atom. The molecule has 1 aliphatic rings. The molecule has 2 N–H and O–H groups in total. The molecule has 2 amide bonds. The summed E-state index contributed by atoms with van der Waals surface area (Å²) in [5, 5.41) is 9.26. The van der Waals surface area contributed by atoms with Gasteiger partial charge in [0.1, 0.15) is 0 Å². The molecule has 0 aliphatic carbocycles. The summed E-state index contributed by atoms with van der Waals surface area (Å²) in [5.74, 6) is -0.317. The number of benzene rings is 2. The number of aryl methyl sites for hydroxylation is 2. The molecule has 1 saturated heterocycles. The molecule has 1 aliphatic heterocycles. The molecule has 4 rings (SSSR count). The summed E-state index contributed by atoms with van der Waals surface area (Å²) in [5.41, 5.74) is 4.23. The number of fused-ring (bicyclic) bond motifs is 1. The molecule has 0 atom stereocenters. The van der Waals surface area contributed by atoms with Gasteiger partial charge in [0.05, 0.1) is 13.1 Å². The van der Waals surface area contributed by atoms with Gasteiger partial charge in [0.2, 0.25) is 11.8 Å². The number of hydrogen-bond acceptors (Lipinski definition) is 5. The number of amides is 2. The predicted octanol–water partition coefficient (Wildman–Crippen LogP) is 3.39. The molecule has 3 aromatic rings. The van der Waals surface area contributed by atoms with Gasteiger partial charge >= 0.3 is 0 Å². The van der Waals surface area contributed by atoms with Crippen LogP contribution in [0.4, 0.5) is 5.69 Å². The van der Waals surface area contributed by atoms with Crippen molar-refractivity contribution in [3.63, 3.8) is 0 Å². The maximum absolute atomic E-state index is 12.3. The zero-order valence-corrected chi connectivity index (χ0v) is 19.5. The molecule has 168 valence electrons. The van der Waals surface area contributed by atoms with Crippen LogP contribution in [0.2, 0.25) is 0 Å². The average Bonchev–Trinajstić information content (AvgIpc) is 3.19. The first kappa shape index (κ1) is 22.5. The van der Waals surface area contributed by atoms with E-state index in [2.05, 4.69) is 50.1 Å². The lowest BCUT2D eigenvalue weighted by Crippen LogP contribution is -2.49. The van der Waals surface area contributed by atoms with Crippen LogP contribution in [0, 0.1) is 13.8 Å². The molecule has 2 aromatic carbocycles. The summed E-state index contributed by atoms with van der Waals surface area (Å²) in [4.78, 5) is 29.2. The second-order valence-electron chi connectivity index (χ2n) is 8.40. The number of rotatable bonds is 7. The lowest BCUT2D eigenvalue weighted by Gasteiger charge is -2.34. The average molecular weight is 451 g/mol. The number of nitrogens with one attached hydrogen (secondary N) is 2. The van der Waals surface area contributed by atoms with Gasteiger partial charge < -0.3 is 10.6 Å². The number of carbonyl (C=O) groups is 2. The second-order valence-corrected chi connectivity index (χ2v) is 9.31. The van der Waals surface area contributed by atoms with Gasteiger partial charge in [0.15, 0.2) is 0 Å². The number of nitrogens with zero attached hydrogens (tertiary/aromatic N) is 2. The fourth-order valence-corrected chi connectivity index (χ4v) is 5.09. The van der Waals surface area contributed by atoms with E-state index in [1.54, 1.807) is 11.3 Å². The number of thiophene rings is 1. The minimum atomic E-state index is -0.205. The zero-order valence-electron chi connectivity index (χ0n) is 18.7. The number of anilines is 1. The Kier molecular flexibility index (Phi) is 7.19. The highest BCUT2D eigenvalue weighted by Crippen LogP contribution is 2.27. The highest BCUT2D eigenvalue weighted by Gasteiger charge is 2.20. The maximum Gasteiger partial charge on any atom is 0.243 e. The molecule has 6 nitrogen and oxygen atoms in total. The summed E-state index contributed by atoms with van der Waals surface area (Å²) in [6.45, 7) is 8.75. The van der Waals surface area contributed by atoms with Crippen molar-refractivity contribution in [1.82, 2.24) is 15.1 Å². The third kappa shape index (κ3) is 5.54. The van der Waals surface area contributed by atoms with Gasteiger partial charge in [0, 0.05) is 43.1 Å². The van der Waals surface area contributed by atoms with Crippen molar-refractivity contribution in [2.75, 3.05) is 44.6 Å². The van der Waals surface area contributed by atoms with Crippen LogP contribution in [-0.2, 0) is 16.1 Å². The third-order valence-corrected chi connectivity index (χ3v) is 6.99. The quantitative estimate of drug-likeness (QED) is 0.579. The van der Waals surface area contributed by atoms with Crippen molar-refractivity contribution in [3.8, 4) is 0 Å². The number of para-hydroxylation sites is 1. The molecular formula is C25H30N4O2S. The van der Waals surface area contributed by atoms with Crippen LogP contribution in [0.1, 0.15) is 16.7 Å². The van der Waals surface area contributed by atoms with E-state index >= 15 is 0 Å². The molecule has 0 radical (unpaired) electrons. The molecule has 1 aromatic heterocycles. The van der Waals surface area contributed by atoms with E-state index in [4.69, 9.17) is 0 Å². The molecule has 0 spiro atoms. The van der Waals surface area contributed by atoms with Crippen molar-refractivity contribution < 1.29 is 9.59 Å². The summed E-state index contributed by atoms with van der Waals surface area (Å²) in [6, 6.07) is 14.4. The normalized spacial score (nSPS) is 15.1. The predicted molar refractivity (Wildman–Crippen MR) is 131 cm³/mol. The fourth-order valence-electron chi connectivity index (χ4n) is 4.13. The molecule has 0 unspecified atom stereocenters. The van der Waals surface area contributed by atoms with Gasteiger partial charge in [-0.15, -0.1) is 11.3 Å². The second kappa shape index (κ2) is 10.3. The Labute approximate surface area is 193 Å². The van der Waals surface area contributed by atoms with Crippen LogP contribution in [0.25, 0.3) is 10.1 Å². The van der Waals surface area contributed by atoms with Crippen LogP contribution < -0.4 is 10.6 Å². The Morgan fingerprint density at radius 3 is 2.34 bits per heavy atom. The van der Waals surface area contributed by atoms with Crippen LogP contribution in [-0.4, -0.2) is 60.9 Å². The van der Waals surface area contributed by atoms with Gasteiger partial charge in [-0.25, -0.2) is 0 Å². The molecular weight excluding hydrogens is 420 g/mol. The van der Waals surface area contributed by atoms with E-state index in [1.807, 2.05) is 32.0 Å². The highest BCUT2D eigenvalue weighted by atomic mass is 32.1. The van der Waals surface area contributed by atoms with Gasteiger partial charge in [-0.3, -0.25) is 19.4 Å². The first-order chi connectivity index (χ1) is 15.5. The summed E-state index contributed by atoms with van der Waals surface area (Å²) in [7, 11) is 0. The maximum atomic E-state index is 12.3. The lowest BCUT2D eigenvalue weighted by molar-refractivity contribution is -0.125. The molecule has 0 saturated carbocycles. The fraction of sp³-hybridized carbons (Fsp3) is 0.360. The van der Waals surface area contributed by atoms with Crippen LogP contribution in [0.5, 0.6) is 0 Å². The van der Waals surface area contributed by atoms with Crippen molar-refractivity contribution in [2.24, 2.45) is 0 Å². The Hall–Kier alpha value is -2.74. The minimum Gasteiger partial charge on any atom is -0.346 e. The smallest absolute Gasteiger partial charge is 0.243 e. The minimum absolute atomic E-state index is 0.0161. The van der Waals surface area contributed by atoms with Crippen molar-refractivity contribution in [1.29, 1.82) is 0 Å². The third-order valence-electron chi connectivity index (χ3n) is 5.98. The van der Waals surface area contributed by atoms with Crippen molar-refractivity contribution in [3.05, 3.63) is 64.5 Å². The summed E-state index contributed by atoms with van der Waals surface area (Å²) >= 11 is 1.80. The summed E-state index contributed by atoms with van der Waals surface area (Å²) in [6.07, 6.45) is 0. The summed E-state index contributed by atoms with van der Waals surface area (Å²) < 4.78 is 1.33. The van der Waals surface area contributed by atoms with Gasteiger partial charge in [-0.1, -0.05) is 36.4 Å². The van der Waals surface area contributed by atoms with Crippen LogP contribution in [0.3, 0.4) is 0 Å². The van der Waals surface area contributed by atoms with Gasteiger partial charge in [-0.2, -0.15) is 0 Å². The SMILES string of the molecule is Cc1cccc(C)c1NC(=O)CNC(=O)CN1CCN(Cc2csc3ccccc23)CC1. The molecule has 0 bridgehead atoms. The van der Waals surface area contributed by atoms with Gasteiger partial charge in [0.25, 0.3) is 0 Å². The largest absolute Gasteiger partial charge is 0.346 e. The van der Waals surface area contributed by atoms with E-state index in [0.717, 1.165) is 49.5 Å². The number of hydrogen-bond donors (Lipinski definition) is 2. The van der Waals surface area contributed by atoms with Crippen LogP contribution >= 0.6 is 11.3 Å². The van der Waals surface area contributed by atoms with E-state index in [9.17, 15) is 9.59 Å². The molecule has 32 heavy (non-hydrogen) atoms. The van der Waals surface area contributed by atoms with Crippen molar-refractivity contribution >= 4 is 38.9 Å². The Bertz CT molecular complexity index is 1080. The molecule has 7 heteroatoms. The number of piperazine rings is 1. The van der Waals surface area contributed by atoms with E-state index in [0.29, 0.717) is 6.54 Å². The topological polar surface area (TPSA) is 64.7 Å². The van der Waals surface area contributed by atoms with E-state index < -0.39 is 0 Å². The highest BCUT2D eigenvalue weighted by molar-refractivity contribution is 7.17. The van der Waals surface area contributed by atoms with Crippen LogP contribution in [0.15, 0.2) is 47.8 Å². The standard InChI is InChI=1S/C25H30N4O2S/c1-18-6-5-7-19(2)25(18)27-23(30)14-26-24(31)16-29-12-10-28(11-13-29)15-20-17-32-22-9-4-3-8-21(20)22/h3-9,17H,10-16H2,1-2H3,(H,26,31)(H,27,30). The lowest BCUT2D eigenvalue weighted by atomic mass is 10.1. The zero-order chi connectivity index (χ0) is 22.5. The number of carbonyl (C=O) groups excluding carboxylic acids is 2. The molecule has 2 heterocycles. The Balaban J connectivity index is 1.19. The van der Waals surface area contributed by atoms with Gasteiger partial charge in [-0.05, 0) is 47.4 Å². The monoisotopic (exact) mass is 450 g/mol. The van der Waals surface area contributed by atoms with E-state index in [-0.39, 0.29) is 18.4 Å². The Morgan fingerprint density at radius 2 is 1.59 bits per heavy atom. The first-order valence-electron chi connectivity index (χ1n) is 11.0. The van der Waals surface area contributed by atoms with Crippen molar-refractivity contribution in [2.45, 2.75) is 20.4 Å². The first-order valence-corrected chi connectivity index (χ1v) is 11.9. The van der Waals surface area contributed by atoms with E-state index in [1.165, 1.54) is 15.6 Å².